The van der Waals surface area contributed by atoms with Crippen molar-refractivity contribution < 1.29 is 13.2 Å². The smallest absolute Gasteiger partial charge is 0.243 e. The third kappa shape index (κ3) is 3.03. The highest BCUT2D eigenvalue weighted by Crippen LogP contribution is 2.28. The van der Waals surface area contributed by atoms with Crippen LogP contribution < -0.4 is 0 Å². The molecular formula is C18H22N4O3S. The summed E-state index contributed by atoms with van der Waals surface area (Å²) in [5, 5.41) is 4.37. The molecule has 1 amide bonds. The van der Waals surface area contributed by atoms with Gasteiger partial charge in [0.2, 0.25) is 15.9 Å². The Morgan fingerprint density at radius 1 is 1.27 bits per heavy atom. The van der Waals surface area contributed by atoms with E-state index in [0.29, 0.717) is 31.0 Å². The van der Waals surface area contributed by atoms with Crippen molar-refractivity contribution in [3.8, 4) is 0 Å². The fourth-order valence-corrected chi connectivity index (χ4v) is 5.30. The summed E-state index contributed by atoms with van der Waals surface area (Å²) in [7, 11) is -3.60. The van der Waals surface area contributed by atoms with Gasteiger partial charge >= 0.3 is 0 Å². The quantitative estimate of drug-likeness (QED) is 0.814. The molecule has 3 heterocycles. The van der Waals surface area contributed by atoms with Crippen molar-refractivity contribution in [2.75, 3.05) is 19.6 Å². The van der Waals surface area contributed by atoms with Crippen LogP contribution in [0, 0.1) is 6.92 Å². The molecule has 2 aliphatic heterocycles. The van der Waals surface area contributed by atoms with Crippen LogP contribution in [0.3, 0.4) is 0 Å². The van der Waals surface area contributed by atoms with E-state index >= 15 is 0 Å². The van der Waals surface area contributed by atoms with Crippen LogP contribution in [0.2, 0.25) is 0 Å². The number of amides is 1. The molecule has 1 aromatic carbocycles. The van der Waals surface area contributed by atoms with Crippen molar-refractivity contribution >= 4 is 15.9 Å². The number of rotatable bonds is 4. The van der Waals surface area contributed by atoms with Gasteiger partial charge in [0.25, 0.3) is 0 Å². The Hall–Kier alpha value is -2.19. The zero-order valence-corrected chi connectivity index (χ0v) is 15.5. The number of aromatic nitrogens is 2. The van der Waals surface area contributed by atoms with Crippen LogP contribution >= 0.6 is 0 Å². The predicted octanol–water partition coefficient (Wildman–Crippen LogP) is 1.56. The lowest BCUT2D eigenvalue weighted by Crippen LogP contribution is -2.45. The molecule has 1 aromatic heterocycles. The number of carbonyl (C=O) groups excluding carboxylic acids is 1. The van der Waals surface area contributed by atoms with E-state index < -0.39 is 10.0 Å². The summed E-state index contributed by atoms with van der Waals surface area (Å²) in [5.74, 6) is 0.136. The standard InChI is InChI=1S/C18H22N4O3S/c1-14-4-2-5-17(10-14)26(24,25)21-12-15-7-8-19-22(15)16(13-21)11-20-9-3-6-18(20)23/h2,4-5,7-8,10,16H,3,6,9,11-13H2,1H3/t16-/m1/s1. The van der Waals surface area contributed by atoms with Gasteiger partial charge in [-0.1, -0.05) is 12.1 Å². The van der Waals surface area contributed by atoms with Crippen LogP contribution in [0.25, 0.3) is 0 Å². The van der Waals surface area contributed by atoms with E-state index in [4.69, 9.17) is 0 Å². The van der Waals surface area contributed by atoms with Crippen LogP contribution in [0.5, 0.6) is 0 Å². The molecule has 0 N–H and O–H groups in total. The zero-order chi connectivity index (χ0) is 18.3. The number of aryl methyl sites for hydroxylation is 1. The van der Waals surface area contributed by atoms with E-state index in [1.165, 1.54) is 4.31 Å². The number of hydrogen-bond donors (Lipinski definition) is 0. The second-order valence-corrected chi connectivity index (χ2v) is 8.92. The molecule has 0 unspecified atom stereocenters. The summed E-state index contributed by atoms with van der Waals surface area (Å²) in [6, 6.07) is 8.64. The maximum Gasteiger partial charge on any atom is 0.243 e. The summed E-state index contributed by atoms with van der Waals surface area (Å²) >= 11 is 0. The lowest BCUT2D eigenvalue weighted by molar-refractivity contribution is -0.128. The van der Waals surface area contributed by atoms with Gasteiger partial charge in [0, 0.05) is 32.3 Å². The Bertz CT molecular complexity index is 937. The summed E-state index contributed by atoms with van der Waals surface area (Å²) in [4.78, 5) is 14.1. The number of carbonyl (C=O) groups is 1. The Morgan fingerprint density at radius 2 is 2.12 bits per heavy atom. The molecule has 2 aromatic rings. The molecule has 1 saturated heterocycles. The van der Waals surface area contributed by atoms with E-state index in [1.807, 2.05) is 28.6 Å². The molecule has 2 aliphatic rings. The second kappa shape index (κ2) is 6.51. The molecule has 0 bridgehead atoms. The van der Waals surface area contributed by atoms with Gasteiger partial charge in [0.1, 0.15) is 0 Å². The van der Waals surface area contributed by atoms with Gasteiger partial charge in [-0.15, -0.1) is 0 Å². The van der Waals surface area contributed by atoms with E-state index in [2.05, 4.69) is 5.10 Å². The minimum atomic E-state index is -3.60. The number of benzene rings is 1. The van der Waals surface area contributed by atoms with Crippen LogP contribution in [0.4, 0.5) is 0 Å². The second-order valence-electron chi connectivity index (χ2n) is 6.98. The molecule has 4 rings (SSSR count). The van der Waals surface area contributed by atoms with Crippen molar-refractivity contribution in [3.63, 3.8) is 0 Å². The topological polar surface area (TPSA) is 75.5 Å². The third-order valence-corrected chi connectivity index (χ3v) is 6.89. The Kier molecular flexibility index (Phi) is 4.32. The van der Waals surface area contributed by atoms with Crippen molar-refractivity contribution in [2.24, 2.45) is 0 Å². The van der Waals surface area contributed by atoms with Gasteiger partial charge in [0.15, 0.2) is 0 Å². The zero-order valence-electron chi connectivity index (χ0n) is 14.7. The van der Waals surface area contributed by atoms with Crippen molar-refractivity contribution in [1.82, 2.24) is 19.0 Å². The van der Waals surface area contributed by atoms with Gasteiger partial charge < -0.3 is 4.90 Å². The molecule has 8 heteroatoms. The van der Waals surface area contributed by atoms with Gasteiger partial charge in [0.05, 0.1) is 23.2 Å². The molecule has 0 aliphatic carbocycles. The van der Waals surface area contributed by atoms with Crippen LogP contribution in [-0.2, 0) is 21.4 Å². The maximum atomic E-state index is 13.1. The van der Waals surface area contributed by atoms with E-state index in [0.717, 1.165) is 24.2 Å². The number of fused-ring (bicyclic) bond motifs is 1. The molecular weight excluding hydrogens is 352 g/mol. The number of sulfonamides is 1. The average Bonchev–Trinajstić information content (AvgIpc) is 3.24. The molecule has 7 nitrogen and oxygen atoms in total. The third-order valence-electron chi connectivity index (χ3n) is 5.08. The highest BCUT2D eigenvalue weighted by Gasteiger charge is 2.35. The largest absolute Gasteiger partial charge is 0.340 e. The van der Waals surface area contributed by atoms with Crippen LogP contribution in [-0.4, -0.2) is 52.9 Å². The lowest BCUT2D eigenvalue weighted by Gasteiger charge is -2.35. The Balaban J connectivity index is 1.64. The molecule has 138 valence electrons. The van der Waals surface area contributed by atoms with Crippen LogP contribution in [0.15, 0.2) is 41.4 Å². The van der Waals surface area contributed by atoms with E-state index in [1.54, 1.807) is 24.4 Å². The highest BCUT2D eigenvalue weighted by atomic mass is 32.2. The number of nitrogens with zero attached hydrogens (tertiary/aromatic N) is 4. The Morgan fingerprint density at radius 3 is 2.85 bits per heavy atom. The first-order valence-corrected chi connectivity index (χ1v) is 10.3. The fourth-order valence-electron chi connectivity index (χ4n) is 3.75. The minimum absolute atomic E-state index is 0.136. The van der Waals surface area contributed by atoms with Gasteiger partial charge in [-0.2, -0.15) is 9.40 Å². The normalized spacial score (nSPS) is 21.2. The van der Waals surface area contributed by atoms with Gasteiger partial charge in [-0.25, -0.2) is 8.42 Å². The van der Waals surface area contributed by atoms with E-state index in [-0.39, 0.29) is 11.9 Å². The summed E-state index contributed by atoms with van der Waals surface area (Å²) in [6.45, 7) is 3.71. The Labute approximate surface area is 153 Å². The minimum Gasteiger partial charge on any atom is -0.340 e. The van der Waals surface area contributed by atoms with Gasteiger partial charge in [-0.05, 0) is 37.1 Å². The monoisotopic (exact) mass is 374 g/mol. The van der Waals surface area contributed by atoms with Crippen molar-refractivity contribution in [1.29, 1.82) is 0 Å². The number of hydrogen-bond acceptors (Lipinski definition) is 4. The average molecular weight is 374 g/mol. The molecule has 1 fully saturated rings. The molecule has 0 spiro atoms. The highest BCUT2D eigenvalue weighted by molar-refractivity contribution is 7.89. The van der Waals surface area contributed by atoms with E-state index in [9.17, 15) is 13.2 Å². The summed E-state index contributed by atoms with van der Waals surface area (Å²) in [6.07, 6.45) is 3.13. The first kappa shape index (κ1) is 17.2. The summed E-state index contributed by atoms with van der Waals surface area (Å²) < 4.78 is 29.6. The first-order chi connectivity index (χ1) is 12.4. The summed E-state index contributed by atoms with van der Waals surface area (Å²) in [5.41, 5.74) is 1.76. The maximum absolute atomic E-state index is 13.1. The SMILES string of the molecule is Cc1cccc(S(=O)(=O)N2Cc3ccnn3[C@H](CN3CCCC3=O)C2)c1. The van der Waals surface area contributed by atoms with Crippen molar-refractivity contribution in [2.45, 2.75) is 37.2 Å². The van der Waals surface area contributed by atoms with Crippen LogP contribution in [0.1, 0.15) is 30.1 Å². The molecule has 0 radical (unpaired) electrons. The molecule has 0 saturated carbocycles. The first-order valence-electron chi connectivity index (χ1n) is 8.82. The fraction of sp³-hybridized carbons (Fsp3) is 0.444. The molecule has 26 heavy (non-hydrogen) atoms. The lowest BCUT2D eigenvalue weighted by atomic mass is 10.2. The number of likely N-dealkylation sites (tertiary alicyclic amines) is 1. The van der Waals surface area contributed by atoms with Crippen molar-refractivity contribution in [3.05, 3.63) is 47.8 Å². The molecule has 1 atom stereocenters. The predicted molar refractivity (Wildman–Crippen MR) is 95.9 cm³/mol. The van der Waals surface area contributed by atoms with Gasteiger partial charge in [-0.3, -0.25) is 9.48 Å².